The highest BCUT2D eigenvalue weighted by Gasteiger charge is 2.31. The van der Waals surface area contributed by atoms with Crippen LogP contribution < -0.4 is 5.32 Å². The smallest absolute Gasteiger partial charge is 0.0794 e. The van der Waals surface area contributed by atoms with Crippen molar-refractivity contribution in [3.05, 3.63) is 52.5 Å². The van der Waals surface area contributed by atoms with Gasteiger partial charge in [0, 0.05) is 37.3 Å². The monoisotopic (exact) mass is 273 g/mol. The van der Waals surface area contributed by atoms with Crippen LogP contribution in [0.5, 0.6) is 0 Å². The Morgan fingerprint density at radius 3 is 2.95 bits per heavy atom. The standard InChI is InChI=1S/C15H19N3S/c1-15(13-5-3-2-4-6-13)11-18(8-7-17-15)10-14-9-16-12-19-14/h2-6,9,12,17H,7-8,10-11H2,1H3. The van der Waals surface area contributed by atoms with Gasteiger partial charge in [-0.25, -0.2) is 0 Å². The summed E-state index contributed by atoms with van der Waals surface area (Å²) in [7, 11) is 0. The van der Waals surface area contributed by atoms with E-state index >= 15 is 0 Å². The predicted molar refractivity (Wildman–Crippen MR) is 79.2 cm³/mol. The second-order valence-electron chi connectivity index (χ2n) is 5.30. The lowest BCUT2D eigenvalue weighted by Crippen LogP contribution is -2.56. The van der Waals surface area contributed by atoms with E-state index in [1.54, 1.807) is 11.3 Å². The van der Waals surface area contributed by atoms with Gasteiger partial charge in [0.25, 0.3) is 0 Å². The number of hydrogen-bond donors (Lipinski definition) is 1. The Bertz CT molecular complexity index is 511. The van der Waals surface area contributed by atoms with Crippen LogP contribution in [0.1, 0.15) is 17.4 Å². The quantitative estimate of drug-likeness (QED) is 0.931. The second kappa shape index (κ2) is 5.41. The summed E-state index contributed by atoms with van der Waals surface area (Å²) in [6.07, 6.45) is 1.98. The highest BCUT2D eigenvalue weighted by molar-refractivity contribution is 7.09. The van der Waals surface area contributed by atoms with Crippen molar-refractivity contribution >= 4 is 11.3 Å². The molecule has 1 saturated heterocycles. The summed E-state index contributed by atoms with van der Waals surface area (Å²) in [5.74, 6) is 0. The maximum atomic E-state index is 4.16. The Balaban J connectivity index is 1.74. The molecule has 2 aromatic rings. The molecule has 0 aliphatic carbocycles. The van der Waals surface area contributed by atoms with Crippen LogP contribution in [-0.4, -0.2) is 29.5 Å². The van der Waals surface area contributed by atoms with E-state index in [4.69, 9.17) is 0 Å². The highest BCUT2D eigenvalue weighted by Crippen LogP contribution is 2.25. The number of nitrogens with one attached hydrogen (secondary N) is 1. The molecule has 1 unspecified atom stereocenters. The summed E-state index contributed by atoms with van der Waals surface area (Å²) in [5.41, 5.74) is 3.32. The molecule has 0 spiro atoms. The number of thiazole rings is 1. The van der Waals surface area contributed by atoms with E-state index in [0.717, 1.165) is 26.2 Å². The summed E-state index contributed by atoms with van der Waals surface area (Å²) in [6.45, 7) is 6.47. The molecule has 1 aromatic heterocycles. The first-order chi connectivity index (χ1) is 9.26. The number of benzene rings is 1. The van der Waals surface area contributed by atoms with Crippen LogP contribution in [0.4, 0.5) is 0 Å². The summed E-state index contributed by atoms with van der Waals surface area (Å²) in [5, 5.41) is 3.67. The Kier molecular flexibility index (Phi) is 3.64. The molecule has 1 atom stereocenters. The largest absolute Gasteiger partial charge is 0.305 e. The van der Waals surface area contributed by atoms with Gasteiger partial charge in [-0.1, -0.05) is 30.3 Å². The van der Waals surface area contributed by atoms with Crippen LogP contribution in [0.25, 0.3) is 0 Å². The van der Waals surface area contributed by atoms with E-state index in [2.05, 4.69) is 52.5 Å². The zero-order valence-electron chi connectivity index (χ0n) is 11.2. The van der Waals surface area contributed by atoms with Gasteiger partial charge in [-0.05, 0) is 12.5 Å². The second-order valence-corrected chi connectivity index (χ2v) is 6.27. The molecule has 4 heteroatoms. The number of aromatic nitrogens is 1. The van der Waals surface area contributed by atoms with Gasteiger partial charge < -0.3 is 5.32 Å². The van der Waals surface area contributed by atoms with E-state index in [1.807, 2.05) is 11.7 Å². The van der Waals surface area contributed by atoms with Crippen molar-refractivity contribution in [2.24, 2.45) is 0 Å². The van der Waals surface area contributed by atoms with Gasteiger partial charge in [-0.2, -0.15) is 0 Å². The Morgan fingerprint density at radius 1 is 1.37 bits per heavy atom. The Labute approximate surface area is 118 Å². The molecular formula is C15H19N3S. The van der Waals surface area contributed by atoms with Crippen LogP contribution in [0.2, 0.25) is 0 Å². The SMILES string of the molecule is CC1(c2ccccc2)CN(Cc2cncs2)CCN1. The van der Waals surface area contributed by atoms with E-state index in [1.165, 1.54) is 10.4 Å². The van der Waals surface area contributed by atoms with Gasteiger partial charge >= 0.3 is 0 Å². The lowest BCUT2D eigenvalue weighted by atomic mass is 9.89. The fourth-order valence-electron chi connectivity index (χ4n) is 2.75. The van der Waals surface area contributed by atoms with Crippen molar-refractivity contribution in [3.63, 3.8) is 0 Å². The van der Waals surface area contributed by atoms with E-state index < -0.39 is 0 Å². The molecule has 1 aromatic carbocycles. The Morgan fingerprint density at radius 2 is 2.21 bits per heavy atom. The average molecular weight is 273 g/mol. The van der Waals surface area contributed by atoms with Gasteiger partial charge in [0.05, 0.1) is 11.0 Å². The number of hydrogen-bond acceptors (Lipinski definition) is 4. The summed E-state index contributed by atoms with van der Waals surface area (Å²) in [4.78, 5) is 8.01. The molecule has 0 bridgehead atoms. The molecule has 2 heterocycles. The van der Waals surface area contributed by atoms with Crippen molar-refractivity contribution in [1.29, 1.82) is 0 Å². The molecule has 3 nitrogen and oxygen atoms in total. The first-order valence-corrected chi connectivity index (χ1v) is 7.54. The highest BCUT2D eigenvalue weighted by atomic mass is 32.1. The fraction of sp³-hybridized carbons (Fsp3) is 0.400. The first-order valence-electron chi connectivity index (χ1n) is 6.66. The zero-order valence-corrected chi connectivity index (χ0v) is 12.0. The molecule has 19 heavy (non-hydrogen) atoms. The minimum atomic E-state index is 0.0458. The first kappa shape index (κ1) is 12.8. The van der Waals surface area contributed by atoms with Crippen molar-refractivity contribution < 1.29 is 0 Å². The van der Waals surface area contributed by atoms with Gasteiger partial charge in [0.15, 0.2) is 0 Å². The number of nitrogens with zero attached hydrogens (tertiary/aromatic N) is 2. The molecular weight excluding hydrogens is 254 g/mol. The van der Waals surface area contributed by atoms with Gasteiger partial charge in [-0.15, -0.1) is 11.3 Å². The zero-order chi connectivity index (χ0) is 13.1. The van der Waals surface area contributed by atoms with Crippen LogP contribution in [0, 0.1) is 0 Å². The van der Waals surface area contributed by atoms with E-state index in [9.17, 15) is 0 Å². The number of piperazine rings is 1. The van der Waals surface area contributed by atoms with Crippen molar-refractivity contribution in [2.75, 3.05) is 19.6 Å². The predicted octanol–water partition coefficient (Wildman–Crippen LogP) is 2.46. The minimum absolute atomic E-state index is 0.0458. The third kappa shape index (κ3) is 2.86. The summed E-state index contributed by atoms with van der Waals surface area (Å²) >= 11 is 1.74. The van der Waals surface area contributed by atoms with E-state index in [0.29, 0.717) is 0 Å². The van der Waals surface area contributed by atoms with Gasteiger partial charge in [-0.3, -0.25) is 9.88 Å². The minimum Gasteiger partial charge on any atom is -0.305 e. The van der Waals surface area contributed by atoms with Crippen molar-refractivity contribution in [3.8, 4) is 0 Å². The van der Waals surface area contributed by atoms with Crippen LogP contribution in [0.15, 0.2) is 42.0 Å². The average Bonchev–Trinajstić information content (AvgIpc) is 2.93. The number of rotatable bonds is 3. The third-order valence-electron chi connectivity index (χ3n) is 3.76. The molecule has 1 N–H and O–H groups in total. The maximum Gasteiger partial charge on any atom is 0.0794 e. The van der Waals surface area contributed by atoms with Crippen LogP contribution >= 0.6 is 11.3 Å². The molecule has 0 saturated carbocycles. The van der Waals surface area contributed by atoms with Gasteiger partial charge in [0.1, 0.15) is 0 Å². The molecule has 1 aliphatic rings. The van der Waals surface area contributed by atoms with E-state index in [-0.39, 0.29) is 5.54 Å². The van der Waals surface area contributed by atoms with Gasteiger partial charge in [0.2, 0.25) is 0 Å². The fourth-order valence-corrected chi connectivity index (χ4v) is 3.38. The topological polar surface area (TPSA) is 28.2 Å². The van der Waals surface area contributed by atoms with Crippen molar-refractivity contribution in [1.82, 2.24) is 15.2 Å². The lowest BCUT2D eigenvalue weighted by molar-refractivity contribution is 0.137. The molecule has 3 rings (SSSR count). The molecule has 0 radical (unpaired) electrons. The van der Waals surface area contributed by atoms with Crippen molar-refractivity contribution in [2.45, 2.75) is 19.0 Å². The summed E-state index contributed by atoms with van der Waals surface area (Å²) in [6, 6.07) is 10.7. The molecule has 1 fully saturated rings. The third-order valence-corrected chi connectivity index (χ3v) is 4.52. The maximum absolute atomic E-state index is 4.16. The normalized spacial score (nSPS) is 24.5. The van der Waals surface area contributed by atoms with Crippen LogP contribution in [-0.2, 0) is 12.1 Å². The summed E-state index contributed by atoms with van der Waals surface area (Å²) < 4.78 is 0. The lowest BCUT2D eigenvalue weighted by Gasteiger charge is -2.41. The Hall–Kier alpha value is -1.23. The molecule has 100 valence electrons. The van der Waals surface area contributed by atoms with Crippen LogP contribution in [0.3, 0.4) is 0 Å². The molecule has 0 amide bonds. The molecule has 1 aliphatic heterocycles.